The number of hydrogen-bond acceptors (Lipinski definition) is 1. The van der Waals surface area contributed by atoms with Crippen molar-refractivity contribution in [3.05, 3.63) is 0 Å². The maximum Gasteiger partial charge on any atom is 0.0269 e. The number of rotatable bonds is 1. The van der Waals surface area contributed by atoms with Crippen molar-refractivity contribution in [3.63, 3.8) is 0 Å². The average Bonchev–Trinajstić information content (AvgIpc) is 2.63. The normalized spacial score (nSPS) is 57.2. The quantitative estimate of drug-likeness (QED) is 0.669. The molecular formula is C16H27N. The highest BCUT2D eigenvalue weighted by Crippen LogP contribution is 2.63. The molecule has 96 valence electrons. The molecule has 1 heterocycles. The summed E-state index contributed by atoms with van der Waals surface area (Å²) in [6.45, 7) is 7.57. The molecule has 4 saturated carbocycles. The first-order valence-corrected chi connectivity index (χ1v) is 7.97. The lowest BCUT2D eigenvalue weighted by atomic mass is 9.47. The van der Waals surface area contributed by atoms with Crippen LogP contribution in [0.15, 0.2) is 0 Å². The summed E-state index contributed by atoms with van der Waals surface area (Å²) in [5.74, 6) is 5.34. The Kier molecular flexibility index (Phi) is 2.23. The third kappa shape index (κ3) is 1.30. The van der Waals surface area contributed by atoms with Gasteiger partial charge in [0.15, 0.2) is 0 Å². The number of likely N-dealkylation sites (tertiary alicyclic amines) is 1. The van der Waals surface area contributed by atoms with Gasteiger partial charge in [-0.15, -0.1) is 0 Å². The summed E-state index contributed by atoms with van der Waals surface area (Å²) in [6.07, 6.45) is 9.43. The first-order chi connectivity index (χ1) is 8.22. The average molecular weight is 233 g/mol. The Labute approximate surface area is 106 Å². The van der Waals surface area contributed by atoms with Gasteiger partial charge in [0.05, 0.1) is 0 Å². The van der Waals surface area contributed by atoms with Crippen LogP contribution in [0.5, 0.6) is 0 Å². The fourth-order valence-corrected chi connectivity index (χ4v) is 6.57. The Morgan fingerprint density at radius 2 is 1.59 bits per heavy atom. The fraction of sp³-hybridized carbons (Fsp3) is 1.00. The largest absolute Gasteiger partial charge is 0.297 e. The summed E-state index contributed by atoms with van der Waals surface area (Å²) in [7, 11) is 0. The van der Waals surface area contributed by atoms with E-state index in [0.29, 0.717) is 5.54 Å². The molecule has 5 fully saturated rings. The first kappa shape index (κ1) is 10.8. The van der Waals surface area contributed by atoms with Gasteiger partial charge in [0, 0.05) is 12.1 Å². The van der Waals surface area contributed by atoms with Gasteiger partial charge < -0.3 is 0 Å². The van der Waals surface area contributed by atoms with E-state index in [9.17, 15) is 0 Å². The molecule has 1 spiro atoms. The lowest BCUT2D eigenvalue weighted by Crippen LogP contribution is -2.63. The fourth-order valence-electron chi connectivity index (χ4n) is 6.57. The molecule has 17 heavy (non-hydrogen) atoms. The topological polar surface area (TPSA) is 3.24 Å². The summed E-state index contributed by atoms with van der Waals surface area (Å²) >= 11 is 0. The van der Waals surface area contributed by atoms with Crippen LogP contribution in [0, 0.1) is 29.6 Å². The van der Waals surface area contributed by atoms with Crippen molar-refractivity contribution < 1.29 is 0 Å². The Morgan fingerprint density at radius 3 is 2.12 bits per heavy atom. The highest BCUT2D eigenvalue weighted by atomic mass is 15.2. The minimum Gasteiger partial charge on any atom is -0.297 e. The molecule has 0 N–H and O–H groups in total. The van der Waals surface area contributed by atoms with Gasteiger partial charge in [-0.1, -0.05) is 13.8 Å². The molecule has 0 amide bonds. The van der Waals surface area contributed by atoms with Crippen molar-refractivity contribution in [2.45, 2.75) is 57.9 Å². The van der Waals surface area contributed by atoms with Crippen LogP contribution in [0.4, 0.5) is 0 Å². The maximum absolute atomic E-state index is 2.91. The van der Waals surface area contributed by atoms with Crippen molar-refractivity contribution in [3.8, 4) is 0 Å². The molecular weight excluding hydrogens is 206 g/mol. The van der Waals surface area contributed by atoms with Crippen LogP contribution in [0.25, 0.3) is 0 Å². The van der Waals surface area contributed by atoms with Gasteiger partial charge in [-0.25, -0.2) is 0 Å². The molecule has 1 aliphatic heterocycles. The Balaban J connectivity index is 1.72. The van der Waals surface area contributed by atoms with Crippen molar-refractivity contribution in [2.24, 2.45) is 29.6 Å². The van der Waals surface area contributed by atoms with Crippen LogP contribution in [0.3, 0.4) is 0 Å². The first-order valence-electron chi connectivity index (χ1n) is 7.97. The maximum atomic E-state index is 2.91. The van der Waals surface area contributed by atoms with Crippen LogP contribution in [0.1, 0.15) is 52.4 Å². The van der Waals surface area contributed by atoms with E-state index in [4.69, 9.17) is 0 Å². The van der Waals surface area contributed by atoms with Crippen molar-refractivity contribution in [1.82, 2.24) is 4.90 Å². The van der Waals surface area contributed by atoms with Crippen molar-refractivity contribution in [2.75, 3.05) is 13.1 Å². The van der Waals surface area contributed by atoms with E-state index in [1.165, 1.54) is 19.5 Å². The minimum atomic E-state index is 0.668. The lowest BCUT2D eigenvalue weighted by molar-refractivity contribution is -0.118. The Morgan fingerprint density at radius 1 is 1.00 bits per heavy atom. The second-order valence-corrected chi connectivity index (χ2v) is 7.64. The van der Waals surface area contributed by atoms with Crippen molar-refractivity contribution in [1.29, 1.82) is 0 Å². The molecule has 1 heteroatoms. The third-order valence-electron chi connectivity index (χ3n) is 6.73. The van der Waals surface area contributed by atoms with Gasteiger partial charge in [-0.3, -0.25) is 4.90 Å². The SMILES string of the molecule is CCN1CC(C)CC12C1CC3CC(C1)CC2C3. The van der Waals surface area contributed by atoms with Gasteiger partial charge in [0.2, 0.25) is 0 Å². The molecule has 5 aliphatic rings. The molecule has 1 saturated heterocycles. The second kappa shape index (κ2) is 3.50. The van der Waals surface area contributed by atoms with E-state index in [1.54, 1.807) is 32.1 Å². The molecule has 1 unspecified atom stereocenters. The van der Waals surface area contributed by atoms with E-state index in [-0.39, 0.29) is 0 Å². The lowest BCUT2D eigenvalue weighted by Gasteiger charge is -2.63. The molecule has 0 aromatic rings. The predicted molar refractivity (Wildman–Crippen MR) is 70.8 cm³/mol. The highest BCUT2D eigenvalue weighted by Gasteiger charge is 2.61. The standard InChI is InChI=1S/C16H27N/c1-3-17-10-11(2)9-16(17)14-5-12-4-13(7-14)8-15(16)6-12/h11-15H,3-10H2,1-2H3. The number of nitrogens with zero attached hydrogens (tertiary/aromatic N) is 1. The highest BCUT2D eigenvalue weighted by molar-refractivity contribution is 5.14. The predicted octanol–water partition coefficient (Wildman–Crippen LogP) is 3.54. The van der Waals surface area contributed by atoms with E-state index in [2.05, 4.69) is 18.7 Å². The molecule has 0 radical (unpaired) electrons. The molecule has 4 bridgehead atoms. The van der Waals surface area contributed by atoms with E-state index < -0.39 is 0 Å². The Hall–Kier alpha value is -0.0400. The van der Waals surface area contributed by atoms with Gasteiger partial charge in [0.25, 0.3) is 0 Å². The zero-order chi connectivity index (χ0) is 11.6. The van der Waals surface area contributed by atoms with Crippen LogP contribution in [0.2, 0.25) is 0 Å². The smallest absolute Gasteiger partial charge is 0.0269 e. The van der Waals surface area contributed by atoms with Gasteiger partial charge in [-0.05, 0) is 74.7 Å². The van der Waals surface area contributed by atoms with Crippen molar-refractivity contribution >= 4 is 0 Å². The third-order valence-corrected chi connectivity index (χ3v) is 6.73. The van der Waals surface area contributed by atoms with Crippen LogP contribution in [-0.4, -0.2) is 23.5 Å². The summed E-state index contributed by atoms with van der Waals surface area (Å²) < 4.78 is 0. The molecule has 5 rings (SSSR count). The summed E-state index contributed by atoms with van der Waals surface area (Å²) in [5, 5.41) is 0. The van der Waals surface area contributed by atoms with E-state index in [0.717, 1.165) is 29.6 Å². The van der Waals surface area contributed by atoms with Crippen LogP contribution >= 0.6 is 0 Å². The zero-order valence-corrected chi connectivity index (χ0v) is 11.5. The zero-order valence-electron chi connectivity index (χ0n) is 11.5. The van der Waals surface area contributed by atoms with Gasteiger partial charge >= 0.3 is 0 Å². The summed E-state index contributed by atoms with van der Waals surface area (Å²) in [4.78, 5) is 2.91. The van der Waals surface area contributed by atoms with E-state index in [1.807, 2.05) is 0 Å². The molecule has 1 nitrogen and oxygen atoms in total. The second-order valence-electron chi connectivity index (χ2n) is 7.64. The molecule has 1 atom stereocenters. The van der Waals surface area contributed by atoms with Gasteiger partial charge in [-0.2, -0.15) is 0 Å². The monoisotopic (exact) mass is 233 g/mol. The summed E-state index contributed by atoms with van der Waals surface area (Å²) in [5.41, 5.74) is 0.668. The molecule has 0 aromatic carbocycles. The number of hydrogen-bond donors (Lipinski definition) is 0. The summed E-state index contributed by atoms with van der Waals surface area (Å²) in [6, 6.07) is 0. The van der Waals surface area contributed by atoms with Crippen LogP contribution in [-0.2, 0) is 0 Å². The minimum absolute atomic E-state index is 0.668. The van der Waals surface area contributed by atoms with Gasteiger partial charge in [0.1, 0.15) is 0 Å². The van der Waals surface area contributed by atoms with Crippen LogP contribution < -0.4 is 0 Å². The molecule has 4 aliphatic carbocycles. The van der Waals surface area contributed by atoms with E-state index >= 15 is 0 Å². The molecule has 0 aromatic heterocycles. The Bertz CT molecular complexity index is 293.